The van der Waals surface area contributed by atoms with Gasteiger partial charge in [0.2, 0.25) is 0 Å². The van der Waals surface area contributed by atoms with Crippen LogP contribution < -0.4 is 5.19 Å². The Kier molecular flexibility index (Phi) is 6.42. The van der Waals surface area contributed by atoms with Gasteiger partial charge in [0.05, 0.1) is 8.07 Å². The summed E-state index contributed by atoms with van der Waals surface area (Å²) < 4.78 is 6.54. The maximum absolute atomic E-state index is 6.54. The summed E-state index contributed by atoms with van der Waals surface area (Å²) in [6, 6.07) is 11.0. The molecular weight excluding hydrogens is 300 g/mol. The molecule has 1 rings (SSSR count). The molecule has 124 valence electrons. The lowest BCUT2D eigenvalue weighted by molar-refractivity contribution is 0.292. The molecule has 3 heteroatoms. The van der Waals surface area contributed by atoms with E-state index in [0.29, 0.717) is 5.54 Å². The van der Waals surface area contributed by atoms with Crippen molar-refractivity contribution in [3.63, 3.8) is 0 Å². The Morgan fingerprint density at radius 1 is 1.05 bits per heavy atom. The topological polar surface area (TPSA) is 9.23 Å². The molecule has 0 radical (unpaired) electrons. The molecular formula is C19H34OSi2. The van der Waals surface area contributed by atoms with Crippen molar-refractivity contribution in [2.24, 2.45) is 0 Å². The van der Waals surface area contributed by atoms with E-state index in [9.17, 15) is 0 Å². The van der Waals surface area contributed by atoms with Crippen molar-refractivity contribution in [1.29, 1.82) is 0 Å². The van der Waals surface area contributed by atoms with Gasteiger partial charge >= 0.3 is 0 Å². The number of allylic oxidation sites excluding steroid dienone is 1. The summed E-state index contributed by atoms with van der Waals surface area (Å²) in [7, 11) is -3.27. The van der Waals surface area contributed by atoms with E-state index in [4.69, 9.17) is 4.43 Å². The molecule has 22 heavy (non-hydrogen) atoms. The quantitative estimate of drug-likeness (QED) is 0.488. The van der Waals surface area contributed by atoms with Crippen LogP contribution >= 0.6 is 0 Å². The molecule has 0 aliphatic carbocycles. The van der Waals surface area contributed by atoms with E-state index in [2.05, 4.69) is 96.4 Å². The van der Waals surface area contributed by atoms with Gasteiger partial charge in [-0.15, -0.1) is 0 Å². The van der Waals surface area contributed by atoms with E-state index < -0.39 is 16.4 Å². The van der Waals surface area contributed by atoms with Crippen LogP contribution in [0.5, 0.6) is 0 Å². The zero-order chi connectivity index (χ0) is 17.0. The fourth-order valence-electron chi connectivity index (χ4n) is 2.33. The molecule has 0 spiro atoms. The number of hydrogen-bond donors (Lipinski definition) is 0. The third-order valence-electron chi connectivity index (χ3n) is 5.30. The highest BCUT2D eigenvalue weighted by molar-refractivity contribution is 6.91. The highest BCUT2D eigenvalue weighted by atomic mass is 28.4. The van der Waals surface area contributed by atoms with Crippen LogP contribution in [0.4, 0.5) is 0 Å². The summed E-state index contributed by atoms with van der Waals surface area (Å²) in [5, 5.41) is 1.78. The van der Waals surface area contributed by atoms with Crippen molar-refractivity contribution >= 4 is 21.6 Å². The third-order valence-corrected chi connectivity index (χ3v) is 13.8. The summed E-state index contributed by atoms with van der Waals surface area (Å²) in [6.45, 7) is 19.5. The zero-order valence-corrected chi connectivity index (χ0v) is 17.7. The van der Waals surface area contributed by atoms with Crippen LogP contribution in [0.15, 0.2) is 42.5 Å². The minimum Gasteiger partial charge on any atom is -0.417 e. The maximum Gasteiger partial charge on any atom is 0.191 e. The molecule has 0 aliphatic heterocycles. The highest BCUT2D eigenvalue weighted by Gasteiger charge is 2.39. The van der Waals surface area contributed by atoms with Crippen LogP contribution in [-0.4, -0.2) is 23.0 Å². The molecule has 0 heterocycles. The van der Waals surface area contributed by atoms with Gasteiger partial charge in [-0.25, -0.2) is 0 Å². The first kappa shape index (κ1) is 19.4. The van der Waals surface area contributed by atoms with Crippen molar-refractivity contribution in [3.05, 3.63) is 42.5 Å². The molecule has 1 nitrogen and oxygen atoms in total. The SMILES string of the molecule is C/C=C/[C@@H](CO[Si](C)(C)C(C)(C)C)[Si](C)(C)c1ccccc1. The molecule has 1 atom stereocenters. The van der Waals surface area contributed by atoms with Gasteiger partial charge in [-0.2, -0.15) is 0 Å². The summed E-state index contributed by atoms with van der Waals surface area (Å²) in [5.74, 6) is 0. The Morgan fingerprint density at radius 2 is 1.59 bits per heavy atom. The average molecular weight is 335 g/mol. The second-order valence-electron chi connectivity index (χ2n) is 8.29. The van der Waals surface area contributed by atoms with E-state index in [1.165, 1.54) is 5.19 Å². The minimum atomic E-state index is -1.69. The van der Waals surface area contributed by atoms with Crippen LogP contribution in [0.2, 0.25) is 36.8 Å². The monoisotopic (exact) mass is 334 g/mol. The Labute approximate surface area is 139 Å². The molecule has 1 aromatic rings. The summed E-state index contributed by atoms with van der Waals surface area (Å²) in [4.78, 5) is 0. The summed E-state index contributed by atoms with van der Waals surface area (Å²) in [6.07, 6.45) is 4.56. The smallest absolute Gasteiger partial charge is 0.191 e. The van der Waals surface area contributed by atoms with Crippen molar-refractivity contribution in [2.45, 2.75) is 64.5 Å². The van der Waals surface area contributed by atoms with Gasteiger partial charge in [0.25, 0.3) is 0 Å². The maximum atomic E-state index is 6.54. The predicted molar refractivity (Wildman–Crippen MR) is 105 cm³/mol. The Hall–Kier alpha value is -0.646. The number of hydrogen-bond acceptors (Lipinski definition) is 1. The van der Waals surface area contributed by atoms with Crippen LogP contribution in [0.1, 0.15) is 27.7 Å². The summed E-state index contributed by atoms with van der Waals surface area (Å²) in [5.41, 5.74) is 0.522. The first-order chi connectivity index (χ1) is 10.0. The van der Waals surface area contributed by atoms with Crippen molar-refractivity contribution < 1.29 is 4.43 Å². The van der Waals surface area contributed by atoms with Crippen molar-refractivity contribution in [1.82, 2.24) is 0 Å². The van der Waals surface area contributed by atoms with Gasteiger partial charge in [0.1, 0.15) is 0 Å². The normalized spacial score (nSPS) is 15.3. The first-order valence-corrected chi connectivity index (χ1v) is 14.3. The van der Waals surface area contributed by atoms with Gasteiger partial charge in [-0.05, 0) is 30.6 Å². The summed E-state index contributed by atoms with van der Waals surface area (Å²) >= 11 is 0. The van der Waals surface area contributed by atoms with E-state index in [-0.39, 0.29) is 5.04 Å². The Bertz CT molecular complexity index is 484. The third kappa shape index (κ3) is 4.67. The fraction of sp³-hybridized carbons (Fsp3) is 0.579. The molecule has 0 saturated carbocycles. The van der Waals surface area contributed by atoms with Gasteiger partial charge in [0, 0.05) is 6.61 Å². The molecule has 0 saturated heterocycles. The lowest BCUT2D eigenvalue weighted by atomic mass is 10.2. The Balaban J connectivity index is 2.95. The predicted octanol–water partition coefficient (Wildman–Crippen LogP) is 5.57. The lowest BCUT2D eigenvalue weighted by Gasteiger charge is -2.39. The minimum absolute atomic E-state index is 0.270. The molecule has 1 aromatic carbocycles. The molecule has 0 bridgehead atoms. The van der Waals surface area contributed by atoms with Crippen molar-refractivity contribution in [2.75, 3.05) is 6.61 Å². The molecule has 0 aromatic heterocycles. The molecule has 0 fully saturated rings. The molecule has 0 aliphatic rings. The Morgan fingerprint density at radius 3 is 2.05 bits per heavy atom. The largest absolute Gasteiger partial charge is 0.417 e. The standard InChI is InChI=1S/C19H34OSi2/c1-9-13-18(16-20-22(7,8)19(2,3)4)21(5,6)17-14-11-10-12-15-17/h9-15,18H,16H2,1-8H3/b13-9+/t18-/m0/s1. The zero-order valence-electron chi connectivity index (χ0n) is 15.7. The van der Waals surface area contributed by atoms with Crippen LogP contribution in [0.25, 0.3) is 0 Å². The fourth-order valence-corrected chi connectivity index (χ4v) is 6.18. The van der Waals surface area contributed by atoms with Crippen LogP contribution in [0, 0.1) is 0 Å². The van der Waals surface area contributed by atoms with Gasteiger partial charge in [-0.1, -0.05) is 81.5 Å². The van der Waals surface area contributed by atoms with Gasteiger partial charge in [0.15, 0.2) is 8.32 Å². The van der Waals surface area contributed by atoms with Crippen LogP contribution in [0.3, 0.4) is 0 Å². The van der Waals surface area contributed by atoms with Gasteiger partial charge in [-0.3, -0.25) is 0 Å². The average Bonchev–Trinajstić information content (AvgIpc) is 2.43. The molecule has 0 amide bonds. The van der Waals surface area contributed by atoms with E-state index >= 15 is 0 Å². The van der Waals surface area contributed by atoms with E-state index in [1.54, 1.807) is 0 Å². The second kappa shape index (κ2) is 7.28. The number of rotatable bonds is 6. The number of benzene rings is 1. The first-order valence-electron chi connectivity index (χ1n) is 8.34. The second-order valence-corrected chi connectivity index (χ2v) is 17.9. The molecule has 0 unspecified atom stereocenters. The highest BCUT2D eigenvalue weighted by Crippen LogP contribution is 2.38. The lowest BCUT2D eigenvalue weighted by Crippen LogP contribution is -2.49. The van der Waals surface area contributed by atoms with Crippen molar-refractivity contribution in [3.8, 4) is 0 Å². The molecule has 0 N–H and O–H groups in total. The van der Waals surface area contributed by atoms with Crippen LogP contribution in [-0.2, 0) is 4.43 Å². The van der Waals surface area contributed by atoms with E-state index in [1.807, 2.05) is 0 Å². The van der Waals surface area contributed by atoms with Gasteiger partial charge < -0.3 is 4.43 Å². The van der Waals surface area contributed by atoms with E-state index in [0.717, 1.165) is 6.61 Å².